The van der Waals surface area contributed by atoms with Crippen molar-refractivity contribution in [3.8, 4) is 0 Å². The Hall–Kier alpha value is -1.31. The van der Waals surface area contributed by atoms with Crippen LogP contribution in [0, 0.1) is 24.2 Å². The summed E-state index contributed by atoms with van der Waals surface area (Å²) in [5, 5.41) is 9.52. The molecule has 2 fully saturated rings. The van der Waals surface area contributed by atoms with Crippen molar-refractivity contribution >= 4 is 5.97 Å². The molecular formula is C15H18O2. The van der Waals surface area contributed by atoms with E-state index in [0.717, 1.165) is 12.8 Å². The van der Waals surface area contributed by atoms with Crippen LogP contribution in [0.3, 0.4) is 0 Å². The minimum Gasteiger partial charge on any atom is -0.481 e. The number of carboxylic acid groups (broad SMARTS) is 1. The summed E-state index contributed by atoms with van der Waals surface area (Å²) < 4.78 is 0. The molecule has 2 aliphatic carbocycles. The Kier molecular flexibility index (Phi) is 2.29. The molecule has 2 saturated carbocycles. The first-order chi connectivity index (χ1) is 8.09. The number of fused-ring (bicyclic) bond motifs is 1. The molecule has 17 heavy (non-hydrogen) atoms. The topological polar surface area (TPSA) is 37.3 Å². The highest BCUT2D eigenvalue weighted by molar-refractivity contribution is 5.76. The van der Waals surface area contributed by atoms with Gasteiger partial charge in [-0.15, -0.1) is 0 Å². The molecule has 0 aliphatic heterocycles. The second kappa shape index (κ2) is 3.59. The smallest absolute Gasteiger partial charge is 0.309 e. The van der Waals surface area contributed by atoms with E-state index in [4.69, 9.17) is 0 Å². The highest BCUT2D eigenvalue weighted by Crippen LogP contribution is 2.60. The van der Waals surface area contributed by atoms with Crippen LogP contribution >= 0.6 is 0 Å². The van der Waals surface area contributed by atoms with Crippen molar-refractivity contribution in [2.24, 2.45) is 17.3 Å². The zero-order chi connectivity index (χ0) is 12.0. The molecule has 0 saturated heterocycles. The molecule has 2 atom stereocenters. The first-order valence-electron chi connectivity index (χ1n) is 6.38. The number of benzene rings is 1. The highest BCUT2D eigenvalue weighted by atomic mass is 16.4. The van der Waals surface area contributed by atoms with E-state index in [9.17, 15) is 9.90 Å². The summed E-state index contributed by atoms with van der Waals surface area (Å²) in [6.07, 6.45) is 3.75. The average molecular weight is 230 g/mol. The third-order valence-corrected chi connectivity index (χ3v) is 4.49. The second-order valence-corrected chi connectivity index (χ2v) is 5.91. The summed E-state index contributed by atoms with van der Waals surface area (Å²) in [6, 6.07) is 8.29. The summed E-state index contributed by atoms with van der Waals surface area (Å²) >= 11 is 0. The molecule has 0 bridgehead atoms. The van der Waals surface area contributed by atoms with E-state index in [1.807, 2.05) is 0 Å². The standard InChI is InChI=1S/C15H18O2/c1-10-2-4-11(5-3-10)7-15(14(16)17)8-12-6-13(12)9-15/h2-5,12-13H,6-9H2,1H3,(H,16,17). The second-order valence-electron chi connectivity index (χ2n) is 5.91. The van der Waals surface area contributed by atoms with Crippen LogP contribution in [0.4, 0.5) is 0 Å². The van der Waals surface area contributed by atoms with Gasteiger partial charge in [-0.05, 0) is 50.0 Å². The monoisotopic (exact) mass is 230 g/mol. The van der Waals surface area contributed by atoms with Gasteiger partial charge in [-0.2, -0.15) is 0 Å². The van der Waals surface area contributed by atoms with E-state index in [1.54, 1.807) is 0 Å². The predicted octanol–water partition coefficient (Wildman–Crippen LogP) is 3.04. The van der Waals surface area contributed by atoms with Gasteiger partial charge < -0.3 is 5.11 Å². The van der Waals surface area contributed by atoms with Crippen molar-refractivity contribution in [1.82, 2.24) is 0 Å². The van der Waals surface area contributed by atoms with Gasteiger partial charge in [0.25, 0.3) is 0 Å². The molecule has 0 heterocycles. The average Bonchev–Trinajstić information content (AvgIpc) is 2.90. The van der Waals surface area contributed by atoms with E-state index in [-0.39, 0.29) is 0 Å². The Labute approximate surface area is 102 Å². The van der Waals surface area contributed by atoms with Gasteiger partial charge >= 0.3 is 5.97 Å². The lowest BCUT2D eigenvalue weighted by Gasteiger charge is -2.26. The number of hydrogen-bond acceptors (Lipinski definition) is 1. The van der Waals surface area contributed by atoms with Crippen molar-refractivity contribution in [2.45, 2.75) is 32.6 Å². The Balaban J connectivity index is 1.81. The molecule has 90 valence electrons. The quantitative estimate of drug-likeness (QED) is 0.866. The lowest BCUT2D eigenvalue weighted by molar-refractivity contribution is -0.149. The SMILES string of the molecule is Cc1ccc(CC2(C(=O)O)CC3CC3C2)cc1. The number of hydrogen-bond donors (Lipinski definition) is 1. The van der Waals surface area contributed by atoms with Crippen LogP contribution in [0.5, 0.6) is 0 Å². The normalized spacial score (nSPS) is 34.4. The van der Waals surface area contributed by atoms with E-state index in [0.29, 0.717) is 18.3 Å². The molecule has 2 unspecified atom stereocenters. The maximum atomic E-state index is 11.6. The van der Waals surface area contributed by atoms with Gasteiger partial charge in [0.15, 0.2) is 0 Å². The molecule has 1 aromatic carbocycles. The molecule has 1 N–H and O–H groups in total. The lowest BCUT2D eigenvalue weighted by Crippen LogP contribution is -2.31. The third-order valence-electron chi connectivity index (χ3n) is 4.49. The fourth-order valence-corrected chi connectivity index (χ4v) is 3.39. The van der Waals surface area contributed by atoms with Crippen LogP contribution in [0.15, 0.2) is 24.3 Å². The first-order valence-corrected chi connectivity index (χ1v) is 6.38. The van der Waals surface area contributed by atoms with Crippen molar-refractivity contribution in [2.75, 3.05) is 0 Å². The summed E-state index contributed by atoms with van der Waals surface area (Å²) in [5.41, 5.74) is 1.93. The molecule has 0 spiro atoms. The number of rotatable bonds is 3. The van der Waals surface area contributed by atoms with E-state index in [1.165, 1.54) is 17.5 Å². The first kappa shape index (κ1) is 10.8. The fraction of sp³-hybridized carbons (Fsp3) is 0.533. The van der Waals surface area contributed by atoms with E-state index in [2.05, 4.69) is 31.2 Å². The van der Waals surface area contributed by atoms with Crippen LogP contribution in [0.2, 0.25) is 0 Å². The third kappa shape index (κ3) is 1.86. The Morgan fingerprint density at radius 2 is 1.88 bits per heavy atom. The fourth-order valence-electron chi connectivity index (χ4n) is 3.39. The van der Waals surface area contributed by atoms with Crippen LogP contribution in [-0.4, -0.2) is 11.1 Å². The van der Waals surface area contributed by atoms with Gasteiger partial charge in [-0.3, -0.25) is 4.79 Å². The van der Waals surface area contributed by atoms with Crippen molar-refractivity contribution in [3.05, 3.63) is 35.4 Å². The maximum absolute atomic E-state index is 11.6. The summed E-state index contributed by atoms with van der Waals surface area (Å²) in [7, 11) is 0. The largest absolute Gasteiger partial charge is 0.481 e. The predicted molar refractivity (Wildman–Crippen MR) is 65.8 cm³/mol. The molecule has 2 aliphatic rings. The van der Waals surface area contributed by atoms with Crippen molar-refractivity contribution in [3.63, 3.8) is 0 Å². The van der Waals surface area contributed by atoms with Crippen molar-refractivity contribution in [1.29, 1.82) is 0 Å². The van der Waals surface area contributed by atoms with Crippen LogP contribution in [0.1, 0.15) is 30.4 Å². The number of carbonyl (C=O) groups is 1. The Morgan fingerprint density at radius 1 is 1.29 bits per heavy atom. The van der Waals surface area contributed by atoms with E-state index < -0.39 is 11.4 Å². The van der Waals surface area contributed by atoms with Crippen LogP contribution < -0.4 is 0 Å². The summed E-state index contributed by atoms with van der Waals surface area (Å²) in [6.45, 7) is 2.06. The molecule has 3 rings (SSSR count). The van der Waals surface area contributed by atoms with Gasteiger partial charge in [0.05, 0.1) is 5.41 Å². The highest BCUT2D eigenvalue weighted by Gasteiger charge is 2.57. The molecule has 1 aromatic rings. The van der Waals surface area contributed by atoms with E-state index >= 15 is 0 Å². The molecule has 0 radical (unpaired) electrons. The Morgan fingerprint density at radius 3 is 2.41 bits per heavy atom. The number of carboxylic acids is 1. The summed E-state index contributed by atoms with van der Waals surface area (Å²) in [5.74, 6) is 0.818. The van der Waals surface area contributed by atoms with Crippen LogP contribution in [0.25, 0.3) is 0 Å². The number of aryl methyl sites for hydroxylation is 1. The minimum atomic E-state index is -0.592. The van der Waals surface area contributed by atoms with Gasteiger partial charge in [0, 0.05) is 0 Å². The Bertz CT molecular complexity index is 436. The molecular weight excluding hydrogens is 212 g/mol. The van der Waals surface area contributed by atoms with Gasteiger partial charge in [-0.1, -0.05) is 29.8 Å². The lowest BCUT2D eigenvalue weighted by atomic mass is 9.77. The summed E-state index contributed by atoms with van der Waals surface area (Å²) in [4.78, 5) is 11.6. The molecule has 0 aromatic heterocycles. The van der Waals surface area contributed by atoms with Gasteiger partial charge in [0.2, 0.25) is 0 Å². The minimum absolute atomic E-state index is 0.469. The zero-order valence-corrected chi connectivity index (χ0v) is 10.1. The molecule has 0 amide bonds. The van der Waals surface area contributed by atoms with Gasteiger partial charge in [-0.25, -0.2) is 0 Å². The number of aliphatic carboxylic acids is 1. The molecule has 2 heteroatoms. The van der Waals surface area contributed by atoms with Crippen molar-refractivity contribution < 1.29 is 9.90 Å². The van der Waals surface area contributed by atoms with Crippen LogP contribution in [-0.2, 0) is 11.2 Å². The van der Waals surface area contributed by atoms with Gasteiger partial charge in [0.1, 0.15) is 0 Å². The zero-order valence-electron chi connectivity index (χ0n) is 10.1. The maximum Gasteiger partial charge on any atom is 0.309 e. The molecule has 2 nitrogen and oxygen atoms in total.